The molecule has 4 heteroatoms. The van der Waals surface area contributed by atoms with Gasteiger partial charge in [-0.15, -0.1) is 11.3 Å². The van der Waals surface area contributed by atoms with Crippen LogP contribution < -0.4 is 5.32 Å². The zero-order valence-electron chi connectivity index (χ0n) is 9.36. The van der Waals surface area contributed by atoms with Crippen molar-refractivity contribution in [1.82, 2.24) is 5.32 Å². The molecule has 0 unspecified atom stereocenters. The lowest BCUT2D eigenvalue weighted by atomic mass is 10.2. The molecule has 2 aromatic rings. The number of thiophene rings is 1. The van der Waals surface area contributed by atoms with Crippen molar-refractivity contribution in [2.45, 2.75) is 25.8 Å². The van der Waals surface area contributed by atoms with Gasteiger partial charge >= 0.3 is 0 Å². The molecule has 3 rings (SSSR count). The fourth-order valence-electron chi connectivity index (χ4n) is 2.14. The first-order valence-corrected chi connectivity index (χ1v) is 6.57. The summed E-state index contributed by atoms with van der Waals surface area (Å²) in [5.41, 5.74) is 1.47. The average molecular weight is 247 g/mol. The van der Waals surface area contributed by atoms with Gasteiger partial charge in [0.05, 0.1) is 12.8 Å². The molecule has 2 aromatic heterocycles. The van der Waals surface area contributed by atoms with Crippen molar-refractivity contribution in [1.29, 1.82) is 0 Å². The van der Waals surface area contributed by atoms with E-state index in [9.17, 15) is 4.79 Å². The molecule has 1 aliphatic carbocycles. The molecule has 3 nitrogen and oxygen atoms in total. The number of aryl methyl sites for hydroxylation is 2. The van der Waals surface area contributed by atoms with E-state index in [-0.39, 0.29) is 5.91 Å². The Morgan fingerprint density at radius 3 is 3.18 bits per heavy atom. The summed E-state index contributed by atoms with van der Waals surface area (Å²) < 4.78 is 5.04. The van der Waals surface area contributed by atoms with Gasteiger partial charge in [-0.3, -0.25) is 4.79 Å². The van der Waals surface area contributed by atoms with Gasteiger partial charge in [0.1, 0.15) is 0 Å². The largest absolute Gasteiger partial charge is 0.459 e. The first-order valence-electron chi connectivity index (χ1n) is 5.75. The lowest BCUT2D eigenvalue weighted by molar-refractivity contribution is 0.0923. The number of fused-ring (bicyclic) bond motifs is 1. The Bertz CT molecular complexity index is 506. The Morgan fingerprint density at radius 2 is 2.41 bits per heavy atom. The molecule has 2 heterocycles. The number of rotatable bonds is 3. The number of amides is 1. The molecule has 0 bridgehead atoms. The van der Waals surface area contributed by atoms with E-state index in [1.807, 2.05) is 11.3 Å². The minimum Gasteiger partial charge on any atom is -0.459 e. The fraction of sp³-hybridized carbons (Fsp3) is 0.308. The quantitative estimate of drug-likeness (QED) is 0.906. The molecule has 0 aliphatic heterocycles. The van der Waals surface area contributed by atoms with Crippen LogP contribution in [0, 0.1) is 0 Å². The summed E-state index contributed by atoms with van der Waals surface area (Å²) in [4.78, 5) is 14.4. The van der Waals surface area contributed by atoms with E-state index in [0.717, 1.165) is 0 Å². The van der Waals surface area contributed by atoms with Crippen molar-refractivity contribution >= 4 is 17.2 Å². The predicted octanol–water partition coefficient (Wildman–Crippen LogP) is 2.76. The summed E-state index contributed by atoms with van der Waals surface area (Å²) in [6, 6.07) is 5.60. The molecule has 0 fully saturated rings. The van der Waals surface area contributed by atoms with Gasteiger partial charge in [0.15, 0.2) is 5.76 Å². The Labute approximate surface area is 103 Å². The third-order valence-electron chi connectivity index (χ3n) is 2.97. The number of carbonyl (C=O) groups excluding carboxylic acids is 1. The normalized spacial score (nSPS) is 13.6. The fourth-order valence-corrected chi connectivity index (χ4v) is 3.34. The van der Waals surface area contributed by atoms with Crippen molar-refractivity contribution in [3.8, 4) is 0 Å². The number of furan rings is 1. The Hall–Kier alpha value is -1.55. The number of nitrogens with one attached hydrogen (secondary N) is 1. The maximum Gasteiger partial charge on any atom is 0.287 e. The third-order valence-corrected chi connectivity index (χ3v) is 4.20. The van der Waals surface area contributed by atoms with E-state index >= 15 is 0 Å². The van der Waals surface area contributed by atoms with Gasteiger partial charge in [0.25, 0.3) is 5.91 Å². The second kappa shape index (κ2) is 4.37. The topological polar surface area (TPSA) is 42.2 Å². The summed E-state index contributed by atoms with van der Waals surface area (Å²) in [5.74, 6) is 0.220. The molecule has 0 radical (unpaired) electrons. The van der Waals surface area contributed by atoms with Crippen LogP contribution in [0.4, 0.5) is 0 Å². The van der Waals surface area contributed by atoms with Crippen LogP contribution in [0.5, 0.6) is 0 Å². The monoisotopic (exact) mass is 247 g/mol. The maximum atomic E-state index is 11.7. The van der Waals surface area contributed by atoms with Crippen LogP contribution in [0.25, 0.3) is 0 Å². The van der Waals surface area contributed by atoms with Crippen molar-refractivity contribution in [3.05, 3.63) is 45.5 Å². The highest BCUT2D eigenvalue weighted by Crippen LogP contribution is 2.30. The summed E-state index contributed by atoms with van der Waals surface area (Å²) in [5, 5.41) is 2.87. The minimum absolute atomic E-state index is 0.149. The van der Waals surface area contributed by atoms with Gasteiger partial charge in [0.2, 0.25) is 0 Å². The van der Waals surface area contributed by atoms with E-state index in [1.54, 1.807) is 12.1 Å². The summed E-state index contributed by atoms with van der Waals surface area (Å²) in [6.45, 7) is 0.594. The van der Waals surface area contributed by atoms with E-state index in [0.29, 0.717) is 12.3 Å². The van der Waals surface area contributed by atoms with Crippen molar-refractivity contribution in [3.63, 3.8) is 0 Å². The lowest BCUT2D eigenvalue weighted by Crippen LogP contribution is -2.21. The van der Waals surface area contributed by atoms with Gasteiger partial charge in [-0.25, -0.2) is 0 Å². The van der Waals surface area contributed by atoms with Crippen LogP contribution in [0.2, 0.25) is 0 Å². The SMILES string of the molecule is O=C(NCc1cc2c(s1)CCC2)c1ccco1. The summed E-state index contributed by atoms with van der Waals surface area (Å²) >= 11 is 1.82. The van der Waals surface area contributed by atoms with Gasteiger partial charge in [0, 0.05) is 9.75 Å². The smallest absolute Gasteiger partial charge is 0.287 e. The van der Waals surface area contributed by atoms with Crippen molar-refractivity contribution in [2.24, 2.45) is 0 Å². The number of carbonyl (C=O) groups is 1. The van der Waals surface area contributed by atoms with Crippen LogP contribution in [0.3, 0.4) is 0 Å². The average Bonchev–Trinajstić information content (AvgIpc) is 3.01. The van der Waals surface area contributed by atoms with Gasteiger partial charge in [-0.1, -0.05) is 0 Å². The van der Waals surface area contributed by atoms with Crippen LogP contribution in [-0.4, -0.2) is 5.91 Å². The van der Waals surface area contributed by atoms with Crippen LogP contribution >= 0.6 is 11.3 Å². The lowest BCUT2D eigenvalue weighted by Gasteiger charge is -2.00. The molecule has 1 aliphatic rings. The molecule has 0 atom stereocenters. The number of hydrogen-bond donors (Lipinski definition) is 1. The third kappa shape index (κ3) is 2.13. The van der Waals surface area contributed by atoms with Gasteiger partial charge in [-0.05, 0) is 43.0 Å². The Morgan fingerprint density at radius 1 is 1.47 bits per heavy atom. The summed E-state index contributed by atoms with van der Waals surface area (Å²) in [7, 11) is 0. The molecular formula is C13H13NO2S. The molecule has 0 spiro atoms. The molecule has 0 aromatic carbocycles. The number of hydrogen-bond acceptors (Lipinski definition) is 3. The van der Waals surface area contributed by atoms with Gasteiger partial charge < -0.3 is 9.73 Å². The maximum absolute atomic E-state index is 11.7. The highest BCUT2D eigenvalue weighted by molar-refractivity contribution is 7.12. The van der Waals surface area contributed by atoms with Gasteiger partial charge in [-0.2, -0.15) is 0 Å². The van der Waals surface area contributed by atoms with Crippen LogP contribution in [0.15, 0.2) is 28.9 Å². The molecule has 0 saturated carbocycles. The molecule has 17 heavy (non-hydrogen) atoms. The molecule has 0 saturated heterocycles. The minimum atomic E-state index is -0.149. The second-order valence-corrected chi connectivity index (χ2v) is 5.40. The zero-order valence-corrected chi connectivity index (χ0v) is 10.2. The molecule has 1 N–H and O–H groups in total. The summed E-state index contributed by atoms with van der Waals surface area (Å²) in [6.07, 6.45) is 5.18. The highest BCUT2D eigenvalue weighted by Gasteiger charge is 2.15. The molecule has 88 valence electrons. The second-order valence-electron chi connectivity index (χ2n) is 4.17. The Kier molecular flexibility index (Phi) is 2.73. The highest BCUT2D eigenvalue weighted by atomic mass is 32.1. The van der Waals surface area contributed by atoms with E-state index in [1.165, 1.54) is 40.8 Å². The molecular weight excluding hydrogens is 234 g/mol. The predicted molar refractivity (Wildman–Crippen MR) is 66.2 cm³/mol. The van der Waals surface area contributed by atoms with Crippen LogP contribution in [-0.2, 0) is 19.4 Å². The van der Waals surface area contributed by atoms with Crippen molar-refractivity contribution < 1.29 is 9.21 Å². The van der Waals surface area contributed by atoms with E-state index in [2.05, 4.69) is 11.4 Å². The first-order chi connectivity index (χ1) is 8.33. The van der Waals surface area contributed by atoms with Crippen molar-refractivity contribution in [2.75, 3.05) is 0 Å². The zero-order chi connectivity index (χ0) is 11.7. The van der Waals surface area contributed by atoms with Crippen LogP contribution in [0.1, 0.15) is 32.3 Å². The van der Waals surface area contributed by atoms with E-state index < -0.39 is 0 Å². The standard InChI is InChI=1S/C13H13NO2S/c15-13(11-4-2-6-16-11)14-8-10-7-9-3-1-5-12(9)17-10/h2,4,6-7H,1,3,5,8H2,(H,14,15). The Balaban J connectivity index is 1.62. The molecule has 1 amide bonds. The van der Waals surface area contributed by atoms with E-state index in [4.69, 9.17) is 4.42 Å². The first kappa shape index (κ1) is 10.6.